The van der Waals surface area contributed by atoms with Crippen LogP contribution in [0.4, 0.5) is 0 Å². The molecular weight excluding hydrogens is 158 g/mol. The first-order valence-electron chi connectivity index (χ1n) is 4.51. The normalized spacial score (nSPS) is 25.9. The summed E-state index contributed by atoms with van der Waals surface area (Å²) in [4.78, 5) is 0. The SMILES string of the molecule is N#CCCCC1=C/C=C\C=C/C=C\1. The van der Waals surface area contributed by atoms with Crippen molar-refractivity contribution < 1.29 is 0 Å². The van der Waals surface area contributed by atoms with Crippen LogP contribution in [0, 0.1) is 11.3 Å². The first kappa shape index (κ1) is 9.54. The minimum Gasteiger partial charge on any atom is -0.198 e. The van der Waals surface area contributed by atoms with Crippen LogP contribution in [0.1, 0.15) is 19.3 Å². The Hall–Kier alpha value is -1.55. The van der Waals surface area contributed by atoms with Crippen LogP contribution in [-0.2, 0) is 0 Å². The summed E-state index contributed by atoms with van der Waals surface area (Å²) in [6, 6.07) is 2.15. The van der Waals surface area contributed by atoms with Gasteiger partial charge < -0.3 is 0 Å². The third-order valence-electron chi connectivity index (χ3n) is 1.82. The highest BCUT2D eigenvalue weighted by Crippen LogP contribution is 2.10. The van der Waals surface area contributed by atoms with Gasteiger partial charge in [-0.15, -0.1) is 0 Å². The zero-order valence-electron chi connectivity index (χ0n) is 7.61. The number of allylic oxidation sites excluding steroid dienone is 8. The monoisotopic (exact) mass is 171 g/mol. The highest BCUT2D eigenvalue weighted by atomic mass is 14.2. The molecule has 1 nitrogen and oxygen atoms in total. The molecule has 0 bridgehead atoms. The Morgan fingerprint density at radius 1 is 1.08 bits per heavy atom. The Kier molecular flexibility index (Phi) is 4.42. The van der Waals surface area contributed by atoms with Gasteiger partial charge in [0.1, 0.15) is 0 Å². The van der Waals surface area contributed by atoms with Crippen LogP contribution in [0.3, 0.4) is 0 Å². The summed E-state index contributed by atoms with van der Waals surface area (Å²) >= 11 is 0. The summed E-state index contributed by atoms with van der Waals surface area (Å²) in [7, 11) is 0. The van der Waals surface area contributed by atoms with E-state index in [2.05, 4.69) is 18.2 Å². The van der Waals surface area contributed by atoms with Crippen LogP contribution in [0.2, 0.25) is 0 Å². The number of hydrogen-bond donors (Lipinski definition) is 0. The Morgan fingerprint density at radius 3 is 2.69 bits per heavy atom. The van der Waals surface area contributed by atoms with Crippen molar-refractivity contribution in [1.29, 1.82) is 5.26 Å². The van der Waals surface area contributed by atoms with Crippen molar-refractivity contribution in [3.63, 3.8) is 0 Å². The molecule has 0 unspecified atom stereocenters. The Labute approximate surface area is 79.4 Å². The summed E-state index contributed by atoms with van der Waals surface area (Å²) in [5, 5.41) is 8.38. The van der Waals surface area contributed by atoms with Crippen molar-refractivity contribution >= 4 is 0 Å². The van der Waals surface area contributed by atoms with E-state index >= 15 is 0 Å². The lowest BCUT2D eigenvalue weighted by Crippen LogP contribution is -1.80. The Balaban J connectivity index is 2.44. The van der Waals surface area contributed by atoms with Crippen LogP contribution in [0.15, 0.2) is 48.1 Å². The maximum atomic E-state index is 8.38. The predicted molar refractivity (Wildman–Crippen MR) is 55.0 cm³/mol. The Bertz CT molecular complexity index is 298. The van der Waals surface area contributed by atoms with Crippen molar-refractivity contribution in [2.75, 3.05) is 0 Å². The smallest absolute Gasteiger partial charge is 0.0621 e. The second kappa shape index (κ2) is 6.02. The van der Waals surface area contributed by atoms with E-state index in [0.717, 1.165) is 12.8 Å². The molecule has 1 rings (SSSR count). The van der Waals surface area contributed by atoms with Gasteiger partial charge in [-0.05, 0) is 18.4 Å². The lowest BCUT2D eigenvalue weighted by atomic mass is 10.1. The molecule has 0 saturated carbocycles. The first-order valence-corrected chi connectivity index (χ1v) is 4.51. The van der Waals surface area contributed by atoms with Gasteiger partial charge in [0.05, 0.1) is 6.07 Å². The molecule has 0 heterocycles. The van der Waals surface area contributed by atoms with E-state index in [9.17, 15) is 0 Å². The van der Waals surface area contributed by atoms with E-state index in [4.69, 9.17) is 5.26 Å². The summed E-state index contributed by atoms with van der Waals surface area (Å²) in [5.41, 5.74) is 1.29. The number of nitriles is 1. The molecule has 1 aliphatic rings. The molecule has 0 N–H and O–H groups in total. The molecule has 0 aromatic rings. The minimum atomic E-state index is 0.644. The van der Waals surface area contributed by atoms with Gasteiger partial charge in [0.2, 0.25) is 0 Å². The lowest BCUT2D eigenvalue weighted by molar-refractivity contribution is 0.854. The van der Waals surface area contributed by atoms with Crippen LogP contribution in [0.5, 0.6) is 0 Å². The van der Waals surface area contributed by atoms with Crippen molar-refractivity contribution in [3.8, 4) is 6.07 Å². The summed E-state index contributed by atoms with van der Waals surface area (Å²) in [6.45, 7) is 0. The summed E-state index contributed by atoms with van der Waals surface area (Å²) in [5.74, 6) is 0. The topological polar surface area (TPSA) is 23.8 Å². The maximum absolute atomic E-state index is 8.38. The highest BCUT2D eigenvalue weighted by molar-refractivity contribution is 5.30. The van der Waals surface area contributed by atoms with Gasteiger partial charge in [-0.1, -0.05) is 42.5 Å². The second-order valence-electron chi connectivity index (χ2n) is 2.88. The van der Waals surface area contributed by atoms with Gasteiger partial charge in [0.25, 0.3) is 0 Å². The fourth-order valence-electron chi connectivity index (χ4n) is 1.14. The van der Waals surface area contributed by atoms with Gasteiger partial charge in [0.15, 0.2) is 0 Å². The van der Waals surface area contributed by atoms with Crippen molar-refractivity contribution in [3.05, 3.63) is 48.1 Å². The van der Waals surface area contributed by atoms with E-state index in [1.165, 1.54) is 5.57 Å². The quantitative estimate of drug-likeness (QED) is 0.598. The zero-order chi connectivity index (χ0) is 9.36. The van der Waals surface area contributed by atoms with E-state index in [0.29, 0.717) is 6.42 Å². The molecule has 0 aliphatic heterocycles. The van der Waals surface area contributed by atoms with E-state index in [1.54, 1.807) is 0 Å². The molecule has 1 heteroatoms. The fraction of sp³-hybridized carbons (Fsp3) is 0.250. The van der Waals surface area contributed by atoms with Gasteiger partial charge in [-0.25, -0.2) is 0 Å². The zero-order valence-corrected chi connectivity index (χ0v) is 7.61. The van der Waals surface area contributed by atoms with Crippen molar-refractivity contribution in [2.24, 2.45) is 0 Å². The predicted octanol–water partition coefficient (Wildman–Crippen LogP) is 3.29. The van der Waals surface area contributed by atoms with E-state index in [1.807, 2.05) is 30.4 Å². The average Bonchev–Trinajstić information content (AvgIpc) is 2.08. The number of rotatable bonds is 3. The fourth-order valence-corrected chi connectivity index (χ4v) is 1.14. The van der Waals surface area contributed by atoms with Crippen LogP contribution < -0.4 is 0 Å². The molecular formula is C12H13N. The highest BCUT2D eigenvalue weighted by Gasteiger charge is 1.91. The third kappa shape index (κ3) is 4.12. The van der Waals surface area contributed by atoms with Crippen molar-refractivity contribution in [1.82, 2.24) is 0 Å². The van der Waals surface area contributed by atoms with Crippen LogP contribution in [0.25, 0.3) is 0 Å². The first-order chi connectivity index (χ1) is 6.43. The molecule has 0 saturated heterocycles. The van der Waals surface area contributed by atoms with E-state index < -0.39 is 0 Å². The van der Waals surface area contributed by atoms with E-state index in [-0.39, 0.29) is 0 Å². The average molecular weight is 171 g/mol. The van der Waals surface area contributed by atoms with Gasteiger partial charge in [-0.2, -0.15) is 5.26 Å². The summed E-state index contributed by atoms with van der Waals surface area (Å²) < 4.78 is 0. The molecule has 13 heavy (non-hydrogen) atoms. The van der Waals surface area contributed by atoms with Crippen LogP contribution >= 0.6 is 0 Å². The van der Waals surface area contributed by atoms with Gasteiger partial charge in [-0.3, -0.25) is 0 Å². The Morgan fingerprint density at radius 2 is 1.85 bits per heavy atom. The molecule has 1 aliphatic carbocycles. The number of nitrogens with zero attached hydrogens (tertiary/aromatic N) is 1. The van der Waals surface area contributed by atoms with Gasteiger partial charge in [0, 0.05) is 6.42 Å². The molecule has 0 atom stereocenters. The summed E-state index contributed by atoms with van der Waals surface area (Å²) in [6.07, 6.45) is 16.8. The largest absolute Gasteiger partial charge is 0.198 e. The minimum absolute atomic E-state index is 0.644. The standard InChI is InChI=1S/C12H13N/c13-11-7-6-10-12-8-4-2-1-3-5-9-12/h1-5,8-9H,6-7,10H2/b2-1-,3-1?,4-2?,5-3-,8-4-,9-5?,12-8?,12-9+. The maximum Gasteiger partial charge on any atom is 0.0621 e. The molecule has 0 aromatic heterocycles. The third-order valence-corrected chi connectivity index (χ3v) is 1.82. The molecule has 0 radical (unpaired) electrons. The van der Waals surface area contributed by atoms with Crippen molar-refractivity contribution in [2.45, 2.75) is 19.3 Å². The molecule has 0 fully saturated rings. The molecule has 66 valence electrons. The number of hydrogen-bond acceptors (Lipinski definition) is 1. The molecule has 0 aromatic carbocycles. The molecule has 0 spiro atoms. The number of unbranched alkanes of at least 4 members (excludes halogenated alkanes) is 1. The molecule has 0 amide bonds. The second-order valence-corrected chi connectivity index (χ2v) is 2.88. The van der Waals surface area contributed by atoms with Crippen LogP contribution in [-0.4, -0.2) is 0 Å². The van der Waals surface area contributed by atoms with Gasteiger partial charge >= 0.3 is 0 Å². The lowest BCUT2D eigenvalue weighted by Gasteiger charge is -1.98.